The van der Waals surface area contributed by atoms with Crippen molar-refractivity contribution in [1.82, 2.24) is 0 Å². The first-order valence-electron chi connectivity index (χ1n) is 4.14. The maximum atomic E-state index is 10.9. The summed E-state index contributed by atoms with van der Waals surface area (Å²) in [5.41, 5.74) is 0.318. The van der Waals surface area contributed by atoms with Crippen LogP contribution >= 0.6 is 12.6 Å². The zero-order valence-electron chi connectivity index (χ0n) is 7.27. The predicted octanol–water partition coefficient (Wildman–Crippen LogP) is 2.83. The number of hydrogen-bond acceptors (Lipinski definition) is 2. The van der Waals surface area contributed by atoms with Gasteiger partial charge in [-0.05, 0) is 22.9 Å². The first-order chi connectivity index (χ1) is 6.70. The highest BCUT2D eigenvalue weighted by Gasteiger charge is 2.08. The molecule has 0 bridgehead atoms. The van der Waals surface area contributed by atoms with E-state index in [2.05, 4.69) is 12.6 Å². The van der Waals surface area contributed by atoms with Crippen molar-refractivity contribution >= 4 is 29.4 Å². The highest BCUT2D eigenvalue weighted by atomic mass is 32.1. The fraction of sp³-hybridized carbons (Fsp3) is 0. The number of carbonyl (C=O) groups is 1. The average Bonchev–Trinajstić information content (AvgIpc) is 2.18. The van der Waals surface area contributed by atoms with E-state index in [0.29, 0.717) is 5.56 Å². The van der Waals surface area contributed by atoms with Gasteiger partial charge in [0.25, 0.3) is 0 Å². The Morgan fingerprint density at radius 3 is 2.36 bits per heavy atom. The van der Waals surface area contributed by atoms with Gasteiger partial charge in [0, 0.05) is 4.90 Å². The summed E-state index contributed by atoms with van der Waals surface area (Å²) in [5, 5.41) is 10.5. The molecule has 0 atom stereocenters. The van der Waals surface area contributed by atoms with Crippen LogP contribution < -0.4 is 0 Å². The van der Waals surface area contributed by atoms with Gasteiger partial charge in [0.1, 0.15) is 0 Å². The van der Waals surface area contributed by atoms with E-state index < -0.39 is 5.97 Å². The van der Waals surface area contributed by atoms with Gasteiger partial charge in [-0.3, -0.25) is 0 Å². The molecule has 0 aliphatic carbocycles. The molecule has 0 aromatic heterocycles. The molecule has 3 heteroatoms. The van der Waals surface area contributed by atoms with Gasteiger partial charge in [-0.25, -0.2) is 4.79 Å². The number of hydrogen-bond donors (Lipinski definition) is 2. The van der Waals surface area contributed by atoms with Crippen LogP contribution in [0.15, 0.2) is 41.3 Å². The summed E-state index contributed by atoms with van der Waals surface area (Å²) in [6.07, 6.45) is 0. The molecular weight excluding hydrogens is 196 g/mol. The minimum absolute atomic E-state index is 0.318. The van der Waals surface area contributed by atoms with Gasteiger partial charge in [-0.15, -0.1) is 12.6 Å². The van der Waals surface area contributed by atoms with Crippen molar-refractivity contribution in [3.63, 3.8) is 0 Å². The largest absolute Gasteiger partial charge is 0.478 e. The molecule has 2 rings (SSSR count). The SMILES string of the molecule is O=C(O)c1ccc(S)c2ccccc12. The molecule has 0 saturated heterocycles. The van der Waals surface area contributed by atoms with Crippen molar-refractivity contribution in [3.8, 4) is 0 Å². The molecular formula is C11H8O2S. The predicted molar refractivity (Wildman–Crippen MR) is 58.2 cm³/mol. The quantitative estimate of drug-likeness (QED) is 0.701. The summed E-state index contributed by atoms with van der Waals surface area (Å²) in [4.78, 5) is 11.7. The maximum Gasteiger partial charge on any atom is 0.336 e. The highest BCUT2D eigenvalue weighted by Crippen LogP contribution is 2.24. The van der Waals surface area contributed by atoms with Gasteiger partial charge in [0.05, 0.1) is 5.56 Å². The van der Waals surface area contributed by atoms with E-state index in [4.69, 9.17) is 5.11 Å². The fourth-order valence-corrected chi connectivity index (χ4v) is 1.74. The molecule has 2 aromatic carbocycles. The lowest BCUT2D eigenvalue weighted by atomic mass is 10.0. The van der Waals surface area contributed by atoms with Crippen LogP contribution in [0.1, 0.15) is 10.4 Å². The number of aromatic carboxylic acids is 1. The van der Waals surface area contributed by atoms with Crippen LogP contribution in [0.3, 0.4) is 0 Å². The van der Waals surface area contributed by atoms with Gasteiger partial charge >= 0.3 is 5.97 Å². The molecule has 0 radical (unpaired) electrons. The molecule has 2 aromatic rings. The third-order valence-electron chi connectivity index (χ3n) is 2.13. The molecule has 0 aliphatic heterocycles. The van der Waals surface area contributed by atoms with Gasteiger partial charge < -0.3 is 5.11 Å². The molecule has 2 nitrogen and oxygen atoms in total. The van der Waals surface area contributed by atoms with E-state index in [1.165, 1.54) is 0 Å². The maximum absolute atomic E-state index is 10.9. The zero-order valence-corrected chi connectivity index (χ0v) is 8.16. The minimum Gasteiger partial charge on any atom is -0.478 e. The normalized spacial score (nSPS) is 10.4. The second-order valence-electron chi connectivity index (χ2n) is 2.98. The Hall–Kier alpha value is -1.48. The molecule has 0 spiro atoms. The van der Waals surface area contributed by atoms with Gasteiger partial charge in [-0.2, -0.15) is 0 Å². The van der Waals surface area contributed by atoms with E-state index in [0.717, 1.165) is 15.7 Å². The molecule has 0 heterocycles. The first kappa shape index (κ1) is 9.09. The number of carboxylic acid groups (broad SMARTS) is 1. The van der Waals surface area contributed by atoms with Gasteiger partial charge in [0.2, 0.25) is 0 Å². The molecule has 14 heavy (non-hydrogen) atoms. The van der Waals surface area contributed by atoms with E-state index in [9.17, 15) is 4.79 Å². The lowest BCUT2D eigenvalue weighted by molar-refractivity contribution is 0.0699. The number of thiol groups is 1. The molecule has 0 aliphatic rings. The van der Waals surface area contributed by atoms with Crippen LogP contribution in [-0.4, -0.2) is 11.1 Å². The lowest BCUT2D eigenvalue weighted by Crippen LogP contribution is -1.97. The summed E-state index contributed by atoms with van der Waals surface area (Å²) in [5.74, 6) is -0.908. The van der Waals surface area contributed by atoms with Crippen LogP contribution in [0, 0.1) is 0 Å². The standard InChI is InChI=1S/C11H8O2S/c12-11(13)9-5-6-10(14)8-4-2-1-3-7(8)9/h1-6,14H,(H,12,13). The molecule has 0 saturated carbocycles. The molecule has 70 valence electrons. The Kier molecular flexibility index (Phi) is 2.17. The van der Waals surface area contributed by atoms with Crippen LogP contribution in [0.4, 0.5) is 0 Å². The smallest absolute Gasteiger partial charge is 0.336 e. The topological polar surface area (TPSA) is 37.3 Å². The van der Waals surface area contributed by atoms with Crippen molar-refractivity contribution in [2.45, 2.75) is 4.90 Å². The molecule has 0 amide bonds. The van der Waals surface area contributed by atoms with E-state index in [-0.39, 0.29) is 0 Å². The van der Waals surface area contributed by atoms with Crippen LogP contribution in [0.5, 0.6) is 0 Å². The Morgan fingerprint density at radius 1 is 1.07 bits per heavy atom. The third kappa shape index (κ3) is 1.36. The average molecular weight is 204 g/mol. The van der Waals surface area contributed by atoms with Crippen molar-refractivity contribution in [2.75, 3.05) is 0 Å². The summed E-state index contributed by atoms with van der Waals surface area (Å²) in [6.45, 7) is 0. The molecule has 0 unspecified atom stereocenters. The zero-order chi connectivity index (χ0) is 10.1. The van der Waals surface area contributed by atoms with E-state index in [1.807, 2.05) is 18.2 Å². The first-order valence-corrected chi connectivity index (χ1v) is 4.59. The van der Waals surface area contributed by atoms with Crippen LogP contribution in [0.2, 0.25) is 0 Å². The lowest BCUT2D eigenvalue weighted by Gasteiger charge is -2.04. The summed E-state index contributed by atoms with van der Waals surface area (Å²) in [6, 6.07) is 10.6. The Labute approximate surface area is 86.6 Å². The Balaban J connectivity index is 2.88. The number of carboxylic acids is 1. The monoisotopic (exact) mass is 204 g/mol. The van der Waals surface area contributed by atoms with E-state index in [1.54, 1.807) is 18.2 Å². The van der Waals surface area contributed by atoms with Crippen LogP contribution in [-0.2, 0) is 0 Å². The van der Waals surface area contributed by atoms with Gasteiger partial charge in [-0.1, -0.05) is 24.3 Å². The number of rotatable bonds is 1. The Morgan fingerprint density at radius 2 is 1.71 bits per heavy atom. The molecule has 0 fully saturated rings. The van der Waals surface area contributed by atoms with Crippen molar-refractivity contribution in [2.24, 2.45) is 0 Å². The van der Waals surface area contributed by atoms with E-state index >= 15 is 0 Å². The summed E-state index contributed by atoms with van der Waals surface area (Å²) >= 11 is 4.27. The molecule has 1 N–H and O–H groups in total. The Bertz CT molecular complexity index is 506. The minimum atomic E-state index is -0.908. The van der Waals surface area contributed by atoms with Crippen LogP contribution in [0.25, 0.3) is 10.8 Å². The fourth-order valence-electron chi connectivity index (χ4n) is 1.47. The second-order valence-corrected chi connectivity index (χ2v) is 3.46. The third-order valence-corrected chi connectivity index (χ3v) is 2.52. The summed E-state index contributed by atoms with van der Waals surface area (Å²) in [7, 11) is 0. The highest BCUT2D eigenvalue weighted by molar-refractivity contribution is 7.80. The van der Waals surface area contributed by atoms with Gasteiger partial charge in [0.15, 0.2) is 0 Å². The second kappa shape index (κ2) is 3.35. The summed E-state index contributed by atoms with van der Waals surface area (Å²) < 4.78 is 0. The van der Waals surface area contributed by atoms with Crippen molar-refractivity contribution in [1.29, 1.82) is 0 Å². The van der Waals surface area contributed by atoms with Crippen molar-refractivity contribution < 1.29 is 9.90 Å². The van der Waals surface area contributed by atoms with Crippen molar-refractivity contribution in [3.05, 3.63) is 42.0 Å². The number of benzene rings is 2. The number of fused-ring (bicyclic) bond motifs is 1.